The molecule has 0 aliphatic heterocycles. The lowest BCUT2D eigenvalue weighted by Gasteiger charge is -2.10. The summed E-state index contributed by atoms with van der Waals surface area (Å²) >= 11 is 10.4. The van der Waals surface area contributed by atoms with Crippen molar-refractivity contribution in [2.75, 3.05) is 5.88 Å². The molecule has 1 nitrogen and oxygen atoms in total. The zero-order chi connectivity index (χ0) is 12.5. The topological polar surface area (TPSA) is 17.1 Å². The lowest BCUT2D eigenvalue weighted by atomic mass is 10.1. The molecular formula is C9H4Cl2F4O. The molecule has 88 valence electrons. The normalized spacial score (nSPS) is 11.6. The van der Waals surface area contributed by atoms with Gasteiger partial charge in [0.2, 0.25) is 0 Å². The fourth-order valence-corrected chi connectivity index (χ4v) is 1.45. The van der Waals surface area contributed by atoms with E-state index in [-0.39, 0.29) is 0 Å². The van der Waals surface area contributed by atoms with Crippen molar-refractivity contribution in [1.29, 1.82) is 0 Å². The van der Waals surface area contributed by atoms with E-state index in [0.29, 0.717) is 12.1 Å². The Kier molecular flexibility index (Phi) is 3.80. The summed E-state index contributed by atoms with van der Waals surface area (Å²) in [6, 6.07) is 0.812. The Morgan fingerprint density at radius 2 is 1.88 bits per heavy atom. The number of rotatable bonds is 2. The lowest BCUT2D eigenvalue weighted by molar-refractivity contribution is -0.137. The molecule has 0 aromatic heterocycles. The minimum atomic E-state index is -4.74. The molecule has 0 bridgehead atoms. The Morgan fingerprint density at radius 1 is 1.31 bits per heavy atom. The summed E-state index contributed by atoms with van der Waals surface area (Å²) in [4.78, 5) is 11.0. The van der Waals surface area contributed by atoms with Crippen LogP contribution in [0.1, 0.15) is 15.9 Å². The second-order valence-electron chi connectivity index (χ2n) is 2.87. The molecule has 1 rings (SSSR count). The highest BCUT2D eigenvalue weighted by Crippen LogP contribution is 2.36. The zero-order valence-corrected chi connectivity index (χ0v) is 9.05. The van der Waals surface area contributed by atoms with Gasteiger partial charge in [-0.25, -0.2) is 4.39 Å². The molecule has 0 spiro atoms. The Labute approximate surface area is 98.0 Å². The van der Waals surface area contributed by atoms with Gasteiger partial charge in [-0.05, 0) is 12.1 Å². The molecule has 0 saturated heterocycles. The third kappa shape index (κ3) is 2.65. The van der Waals surface area contributed by atoms with E-state index < -0.39 is 39.8 Å². The average Bonchev–Trinajstić information content (AvgIpc) is 2.14. The number of alkyl halides is 4. The smallest absolute Gasteiger partial charge is 0.293 e. The molecule has 16 heavy (non-hydrogen) atoms. The van der Waals surface area contributed by atoms with Crippen LogP contribution in [0.2, 0.25) is 5.02 Å². The van der Waals surface area contributed by atoms with E-state index >= 15 is 0 Å². The molecule has 7 heteroatoms. The molecular weight excluding hydrogens is 271 g/mol. The van der Waals surface area contributed by atoms with Gasteiger partial charge in [0.1, 0.15) is 5.82 Å². The molecule has 0 unspecified atom stereocenters. The first kappa shape index (κ1) is 13.3. The van der Waals surface area contributed by atoms with Gasteiger partial charge in [0.25, 0.3) is 0 Å². The highest BCUT2D eigenvalue weighted by Gasteiger charge is 2.34. The van der Waals surface area contributed by atoms with Crippen molar-refractivity contribution < 1.29 is 22.4 Å². The number of ketones is 1. The monoisotopic (exact) mass is 274 g/mol. The van der Waals surface area contributed by atoms with Gasteiger partial charge in [-0.15, -0.1) is 11.6 Å². The van der Waals surface area contributed by atoms with Crippen molar-refractivity contribution in [3.8, 4) is 0 Å². The summed E-state index contributed by atoms with van der Waals surface area (Å²) in [5.74, 6) is -2.65. The molecule has 0 radical (unpaired) electrons. The summed E-state index contributed by atoms with van der Waals surface area (Å²) in [5.41, 5.74) is -1.98. The van der Waals surface area contributed by atoms with Gasteiger partial charge in [0.15, 0.2) is 5.78 Å². The molecule has 1 aromatic rings. The van der Waals surface area contributed by atoms with Gasteiger partial charge in [-0.3, -0.25) is 4.79 Å². The minimum Gasteiger partial charge on any atom is -0.293 e. The fourth-order valence-electron chi connectivity index (χ4n) is 1.05. The number of hydrogen-bond acceptors (Lipinski definition) is 1. The van der Waals surface area contributed by atoms with Crippen LogP contribution < -0.4 is 0 Å². The van der Waals surface area contributed by atoms with Gasteiger partial charge in [0, 0.05) is 0 Å². The minimum absolute atomic E-state index is 0.363. The van der Waals surface area contributed by atoms with Gasteiger partial charge < -0.3 is 0 Å². The quantitative estimate of drug-likeness (QED) is 0.454. The second-order valence-corrected chi connectivity index (χ2v) is 3.54. The number of Topliss-reactive ketones (excluding diaryl/α,β-unsaturated/α-hetero) is 1. The number of hydrogen-bond donors (Lipinski definition) is 0. The standard InChI is InChI=1S/C9H4Cl2F4O/c10-3-8(16)4-1-5(9(13,14)15)6(11)2-7(4)12/h1-2H,3H2. The predicted molar refractivity (Wildman–Crippen MR) is 51.5 cm³/mol. The van der Waals surface area contributed by atoms with E-state index in [4.69, 9.17) is 23.2 Å². The Hall–Kier alpha value is -0.810. The van der Waals surface area contributed by atoms with E-state index in [1.165, 1.54) is 0 Å². The Morgan fingerprint density at radius 3 is 2.31 bits per heavy atom. The summed E-state index contributed by atoms with van der Waals surface area (Å²) in [7, 11) is 0. The summed E-state index contributed by atoms with van der Waals surface area (Å²) in [6.07, 6.45) is -4.74. The van der Waals surface area contributed by atoms with Crippen molar-refractivity contribution >= 4 is 29.0 Å². The molecule has 0 amide bonds. The van der Waals surface area contributed by atoms with Crippen molar-refractivity contribution in [2.24, 2.45) is 0 Å². The van der Waals surface area contributed by atoms with Crippen LogP contribution in [0.4, 0.5) is 17.6 Å². The highest BCUT2D eigenvalue weighted by molar-refractivity contribution is 6.32. The van der Waals surface area contributed by atoms with Crippen molar-refractivity contribution in [2.45, 2.75) is 6.18 Å². The van der Waals surface area contributed by atoms with Gasteiger partial charge in [-0.2, -0.15) is 13.2 Å². The average molecular weight is 275 g/mol. The molecule has 0 heterocycles. The van der Waals surface area contributed by atoms with Crippen LogP contribution in [0.25, 0.3) is 0 Å². The number of benzene rings is 1. The molecule has 0 aliphatic rings. The molecule has 0 N–H and O–H groups in total. The number of carbonyl (C=O) groups excluding carboxylic acids is 1. The SMILES string of the molecule is O=C(CCl)c1cc(C(F)(F)F)c(Cl)cc1F. The summed E-state index contributed by atoms with van der Waals surface area (Å²) < 4.78 is 50.3. The van der Waals surface area contributed by atoms with E-state index in [1.807, 2.05) is 0 Å². The van der Waals surface area contributed by atoms with Crippen LogP contribution in [-0.2, 0) is 6.18 Å². The van der Waals surface area contributed by atoms with Gasteiger partial charge in [0.05, 0.1) is 22.0 Å². The predicted octanol–water partition coefficient (Wildman–Crippen LogP) is 3.92. The van der Waals surface area contributed by atoms with Crippen LogP contribution >= 0.6 is 23.2 Å². The first-order valence-electron chi connectivity index (χ1n) is 3.92. The van der Waals surface area contributed by atoms with Gasteiger partial charge in [-0.1, -0.05) is 11.6 Å². The van der Waals surface area contributed by atoms with Crippen molar-refractivity contribution in [3.63, 3.8) is 0 Å². The second kappa shape index (κ2) is 4.59. The third-order valence-electron chi connectivity index (χ3n) is 1.78. The van der Waals surface area contributed by atoms with E-state index in [0.717, 1.165) is 0 Å². The maximum absolute atomic E-state index is 13.1. The van der Waals surface area contributed by atoms with Crippen LogP contribution in [0, 0.1) is 5.82 Å². The zero-order valence-electron chi connectivity index (χ0n) is 7.54. The first-order valence-corrected chi connectivity index (χ1v) is 4.84. The number of halogens is 6. The van der Waals surface area contributed by atoms with Crippen LogP contribution in [-0.4, -0.2) is 11.7 Å². The van der Waals surface area contributed by atoms with E-state index in [1.54, 1.807) is 0 Å². The van der Waals surface area contributed by atoms with Gasteiger partial charge >= 0.3 is 6.18 Å². The molecule has 0 atom stereocenters. The Balaban J connectivity index is 3.39. The summed E-state index contributed by atoms with van der Waals surface area (Å²) in [5, 5.41) is -0.795. The fraction of sp³-hybridized carbons (Fsp3) is 0.222. The first-order chi connectivity index (χ1) is 7.27. The maximum atomic E-state index is 13.1. The maximum Gasteiger partial charge on any atom is 0.417 e. The Bertz CT molecular complexity index is 428. The highest BCUT2D eigenvalue weighted by atomic mass is 35.5. The van der Waals surface area contributed by atoms with E-state index in [2.05, 4.69) is 0 Å². The van der Waals surface area contributed by atoms with E-state index in [9.17, 15) is 22.4 Å². The van der Waals surface area contributed by atoms with Crippen LogP contribution in [0.3, 0.4) is 0 Å². The molecule has 1 aromatic carbocycles. The third-order valence-corrected chi connectivity index (χ3v) is 2.34. The van der Waals surface area contributed by atoms with Crippen LogP contribution in [0.5, 0.6) is 0 Å². The largest absolute Gasteiger partial charge is 0.417 e. The van der Waals surface area contributed by atoms with Crippen molar-refractivity contribution in [1.82, 2.24) is 0 Å². The number of carbonyl (C=O) groups is 1. The summed E-state index contributed by atoms with van der Waals surface area (Å²) in [6.45, 7) is 0. The molecule has 0 saturated carbocycles. The molecule has 0 aliphatic carbocycles. The molecule has 0 fully saturated rings. The van der Waals surface area contributed by atoms with Crippen LogP contribution in [0.15, 0.2) is 12.1 Å². The lowest BCUT2D eigenvalue weighted by Crippen LogP contribution is -2.11. The van der Waals surface area contributed by atoms with Crippen molar-refractivity contribution in [3.05, 3.63) is 34.1 Å².